The molecule has 4 rings (SSSR count). The van der Waals surface area contributed by atoms with Crippen LogP contribution in [0.1, 0.15) is 15.9 Å². The average Bonchev–Trinajstić information content (AvgIpc) is 3.42. The van der Waals surface area contributed by atoms with Crippen LogP contribution >= 0.6 is 11.3 Å². The molecule has 0 spiro atoms. The summed E-state index contributed by atoms with van der Waals surface area (Å²) in [5.74, 6) is -1.28. The topological polar surface area (TPSA) is 141 Å². The van der Waals surface area contributed by atoms with E-state index in [-0.39, 0.29) is 5.13 Å². The number of anilines is 1. The van der Waals surface area contributed by atoms with Crippen molar-refractivity contribution in [3.63, 3.8) is 0 Å². The Hall–Kier alpha value is -5.10. The standard InChI is InChI=1S/C26H21N5O6S/c1-35-20-13-10-18(14-21(20)36-2)25(34)37-19-11-8-16(9-12-19)15-27-29-23(33)22(32)28-26-31-30-24(38-26)17-6-4-3-5-7-17/h3-15H,1-2H3,(H,29,33)(H,28,31,32). The van der Waals surface area contributed by atoms with Crippen LogP contribution < -0.4 is 25.0 Å². The van der Waals surface area contributed by atoms with Crippen LogP contribution in [0.15, 0.2) is 77.9 Å². The summed E-state index contributed by atoms with van der Waals surface area (Å²) in [4.78, 5) is 36.6. The SMILES string of the molecule is COc1ccc(C(=O)Oc2ccc(C=NNC(=O)C(=O)Nc3nnc(-c4ccccc4)s3)cc2)cc1OC. The molecule has 0 atom stereocenters. The second-order valence-electron chi connectivity index (χ2n) is 7.46. The van der Waals surface area contributed by atoms with Crippen molar-refractivity contribution in [1.29, 1.82) is 0 Å². The van der Waals surface area contributed by atoms with E-state index in [1.807, 2.05) is 30.3 Å². The van der Waals surface area contributed by atoms with Gasteiger partial charge in [0.05, 0.1) is 26.0 Å². The highest BCUT2D eigenvalue weighted by Gasteiger charge is 2.16. The van der Waals surface area contributed by atoms with Gasteiger partial charge in [-0.05, 0) is 48.0 Å². The number of hydrazone groups is 1. The number of aromatic nitrogens is 2. The molecule has 192 valence electrons. The van der Waals surface area contributed by atoms with Crippen LogP contribution in [0.4, 0.5) is 5.13 Å². The van der Waals surface area contributed by atoms with Crippen molar-refractivity contribution in [3.05, 3.63) is 83.9 Å². The number of hydrogen-bond donors (Lipinski definition) is 2. The molecule has 4 aromatic rings. The maximum atomic E-state index is 12.4. The first-order valence-electron chi connectivity index (χ1n) is 11.0. The summed E-state index contributed by atoms with van der Waals surface area (Å²) in [6, 6.07) is 20.4. The maximum absolute atomic E-state index is 12.4. The first-order valence-corrected chi connectivity index (χ1v) is 11.9. The number of ether oxygens (including phenoxy) is 3. The highest BCUT2D eigenvalue weighted by molar-refractivity contribution is 7.18. The zero-order valence-electron chi connectivity index (χ0n) is 20.2. The molecule has 0 radical (unpaired) electrons. The van der Waals surface area contributed by atoms with Crippen LogP contribution in [0.5, 0.6) is 17.2 Å². The van der Waals surface area contributed by atoms with E-state index in [9.17, 15) is 14.4 Å². The van der Waals surface area contributed by atoms with E-state index >= 15 is 0 Å². The molecule has 0 aliphatic heterocycles. The van der Waals surface area contributed by atoms with E-state index in [2.05, 4.69) is 26.0 Å². The lowest BCUT2D eigenvalue weighted by Crippen LogP contribution is -2.32. The smallest absolute Gasteiger partial charge is 0.343 e. The van der Waals surface area contributed by atoms with Gasteiger partial charge >= 0.3 is 17.8 Å². The van der Waals surface area contributed by atoms with Gasteiger partial charge in [-0.25, -0.2) is 10.2 Å². The number of rotatable bonds is 8. The molecule has 0 bridgehead atoms. The van der Waals surface area contributed by atoms with Crippen molar-refractivity contribution in [2.24, 2.45) is 5.10 Å². The van der Waals surface area contributed by atoms with Crippen molar-refractivity contribution >= 4 is 40.5 Å². The fourth-order valence-corrected chi connectivity index (χ4v) is 3.84. The summed E-state index contributed by atoms with van der Waals surface area (Å²) < 4.78 is 15.7. The molecule has 11 nitrogen and oxygen atoms in total. The first-order chi connectivity index (χ1) is 18.5. The molecular weight excluding hydrogens is 510 g/mol. The maximum Gasteiger partial charge on any atom is 0.343 e. The molecule has 12 heteroatoms. The molecule has 3 aromatic carbocycles. The molecule has 0 aliphatic rings. The zero-order valence-corrected chi connectivity index (χ0v) is 21.0. The zero-order chi connectivity index (χ0) is 26.9. The van der Waals surface area contributed by atoms with Crippen LogP contribution in [0.3, 0.4) is 0 Å². The van der Waals surface area contributed by atoms with Crippen LogP contribution in [0.2, 0.25) is 0 Å². The van der Waals surface area contributed by atoms with Gasteiger partial charge in [-0.15, -0.1) is 10.2 Å². The molecule has 0 saturated heterocycles. The van der Waals surface area contributed by atoms with E-state index in [1.165, 1.54) is 26.5 Å². The molecular formula is C26H21N5O6S. The Morgan fingerprint density at radius 3 is 2.32 bits per heavy atom. The third-order valence-corrected chi connectivity index (χ3v) is 5.85. The first kappa shape index (κ1) is 26.0. The van der Waals surface area contributed by atoms with E-state index in [0.717, 1.165) is 16.9 Å². The minimum absolute atomic E-state index is 0.186. The van der Waals surface area contributed by atoms with E-state index < -0.39 is 17.8 Å². The lowest BCUT2D eigenvalue weighted by molar-refractivity contribution is -0.136. The number of benzene rings is 3. The van der Waals surface area contributed by atoms with E-state index in [4.69, 9.17) is 14.2 Å². The van der Waals surface area contributed by atoms with Gasteiger partial charge in [0.1, 0.15) is 10.8 Å². The van der Waals surface area contributed by atoms with Crippen LogP contribution in [-0.4, -0.2) is 48.4 Å². The number of nitrogens with zero attached hydrogens (tertiary/aromatic N) is 3. The summed E-state index contributed by atoms with van der Waals surface area (Å²) in [7, 11) is 2.98. The summed E-state index contributed by atoms with van der Waals surface area (Å²) in [5.41, 5.74) is 3.88. The predicted molar refractivity (Wildman–Crippen MR) is 141 cm³/mol. The number of hydrogen-bond acceptors (Lipinski definition) is 10. The molecule has 0 aliphatic carbocycles. The van der Waals surface area contributed by atoms with Crippen molar-refractivity contribution < 1.29 is 28.6 Å². The highest BCUT2D eigenvalue weighted by atomic mass is 32.1. The van der Waals surface area contributed by atoms with Crippen LogP contribution in [0.25, 0.3) is 10.6 Å². The molecule has 0 unspecified atom stereocenters. The largest absolute Gasteiger partial charge is 0.493 e. The van der Waals surface area contributed by atoms with Crippen molar-refractivity contribution in [2.75, 3.05) is 19.5 Å². The predicted octanol–water partition coefficient (Wildman–Crippen LogP) is 3.53. The minimum Gasteiger partial charge on any atom is -0.493 e. The van der Waals surface area contributed by atoms with Crippen LogP contribution in [-0.2, 0) is 9.59 Å². The molecule has 2 N–H and O–H groups in total. The fourth-order valence-electron chi connectivity index (χ4n) is 3.09. The third kappa shape index (κ3) is 6.56. The van der Waals surface area contributed by atoms with Gasteiger partial charge in [-0.3, -0.25) is 14.9 Å². The Labute approximate surface area is 221 Å². The van der Waals surface area contributed by atoms with Crippen molar-refractivity contribution in [1.82, 2.24) is 15.6 Å². The lowest BCUT2D eigenvalue weighted by Gasteiger charge is -2.09. The van der Waals surface area contributed by atoms with Crippen LogP contribution in [0, 0.1) is 0 Å². The van der Waals surface area contributed by atoms with Gasteiger partial charge < -0.3 is 14.2 Å². The molecule has 1 aromatic heterocycles. The van der Waals surface area contributed by atoms with Gasteiger partial charge in [-0.1, -0.05) is 41.7 Å². The number of carbonyl (C=O) groups excluding carboxylic acids is 3. The van der Waals surface area contributed by atoms with E-state index in [0.29, 0.717) is 33.4 Å². The second kappa shape index (κ2) is 12.2. The summed E-state index contributed by atoms with van der Waals surface area (Å²) in [6.45, 7) is 0. The van der Waals surface area contributed by atoms with Gasteiger partial charge in [0.15, 0.2) is 11.5 Å². The Morgan fingerprint density at radius 1 is 0.868 bits per heavy atom. The Kier molecular flexibility index (Phi) is 8.36. The number of methoxy groups -OCH3 is 2. The number of nitrogens with one attached hydrogen (secondary N) is 2. The number of amides is 2. The molecule has 0 saturated carbocycles. The second-order valence-corrected chi connectivity index (χ2v) is 8.44. The fraction of sp³-hybridized carbons (Fsp3) is 0.0769. The van der Waals surface area contributed by atoms with Gasteiger partial charge in [-0.2, -0.15) is 5.10 Å². The minimum atomic E-state index is -0.974. The monoisotopic (exact) mass is 531 g/mol. The molecule has 0 fully saturated rings. The molecule has 1 heterocycles. The van der Waals surface area contributed by atoms with Crippen molar-refractivity contribution in [3.8, 4) is 27.8 Å². The summed E-state index contributed by atoms with van der Waals surface area (Å²) in [5, 5.41) is 14.8. The molecule has 38 heavy (non-hydrogen) atoms. The average molecular weight is 532 g/mol. The highest BCUT2D eigenvalue weighted by Crippen LogP contribution is 2.28. The number of esters is 1. The normalized spacial score (nSPS) is 10.6. The molecule has 2 amide bonds. The quantitative estimate of drug-likeness (QED) is 0.116. The Morgan fingerprint density at radius 2 is 1.61 bits per heavy atom. The number of carbonyl (C=O) groups is 3. The Bertz CT molecular complexity index is 1470. The summed E-state index contributed by atoms with van der Waals surface area (Å²) >= 11 is 1.14. The van der Waals surface area contributed by atoms with Gasteiger partial charge in [0.2, 0.25) is 5.13 Å². The Balaban J connectivity index is 1.28. The van der Waals surface area contributed by atoms with Crippen molar-refractivity contribution in [2.45, 2.75) is 0 Å². The summed E-state index contributed by atoms with van der Waals surface area (Å²) in [6.07, 6.45) is 1.34. The van der Waals surface area contributed by atoms with Gasteiger partial charge in [0.25, 0.3) is 0 Å². The lowest BCUT2D eigenvalue weighted by atomic mass is 10.2. The third-order valence-electron chi connectivity index (χ3n) is 4.96. The van der Waals surface area contributed by atoms with Gasteiger partial charge in [0, 0.05) is 5.56 Å². The van der Waals surface area contributed by atoms with E-state index in [1.54, 1.807) is 36.4 Å².